The third kappa shape index (κ3) is 4.51. The highest BCUT2D eigenvalue weighted by molar-refractivity contribution is 7.92. The lowest BCUT2D eigenvalue weighted by Gasteiger charge is -2.27. The maximum Gasteiger partial charge on any atom is 0.156 e. The number of sulfone groups is 1. The van der Waals surface area contributed by atoms with Crippen molar-refractivity contribution in [3.05, 3.63) is 0 Å². The van der Waals surface area contributed by atoms with Crippen LogP contribution in [0, 0.1) is 0 Å². The minimum Gasteiger partial charge on any atom is -0.311 e. The van der Waals surface area contributed by atoms with Crippen LogP contribution < -0.4 is 5.32 Å². The average molecular weight is 235 g/mol. The van der Waals surface area contributed by atoms with Crippen LogP contribution >= 0.6 is 0 Å². The van der Waals surface area contributed by atoms with E-state index in [4.69, 9.17) is 0 Å². The van der Waals surface area contributed by atoms with Gasteiger partial charge in [0.05, 0.1) is 10.5 Å². The number of hydrogen-bond acceptors (Lipinski definition) is 3. The van der Waals surface area contributed by atoms with Gasteiger partial charge in [-0.15, -0.1) is 0 Å². The molecule has 0 aliphatic carbocycles. The van der Waals surface area contributed by atoms with E-state index >= 15 is 0 Å². The summed E-state index contributed by atoms with van der Waals surface area (Å²) >= 11 is 0. The Morgan fingerprint density at radius 3 is 2.00 bits per heavy atom. The molecule has 1 unspecified atom stereocenters. The molecule has 1 atom stereocenters. The maximum atomic E-state index is 11.8. The van der Waals surface area contributed by atoms with Gasteiger partial charge in [-0.25, -0.2) is 8.42 Å². The van der Waals surface area contributed by atoms with Crippen molar-refractivity contribution in [3.8, 4) is 0 Å². The van der Waals surface area contributed by atoms with Crippen LogP contribution in [0.1, 0.15) is 48.0 Å². The minimum atomic E-state index is -2.97. The Morgan fingerprint density at radius 1 is 1.20 bits per heavy atom. The van der Waals surface area contributed by atoms with Crippen molar-refractivity contribution in [1.82, 2.24) is 5.32 Å². The Bertz CT molecular complexity index is 281. The first-order valence-corrected chi connectivity index (χ1v) is 7.22. The lowest BCUT2D eigenvalue weighted by atomic mass is 10.0. The Morgan fingerprint density at radius 2 is 1.67 bits per heavy atom. The van der Waals surface area contributed by atoms with Crippen LogP contribution in [0.15, 0.2) is 0 Å². The van der Waals surface area contributed by atoms with E-state index in [0.717, 1.165) is 6.42 Å². The number of nitrogens with one attached hydrogen (secondary N) is 1. The molecule has 0 aromatic carbocycles. The maximum absolute atomic E-state index is 11.8. The number of hydrogen-bond donors (Lipinski definition) is 1. The molecule has 0 spiro atoms. The third-order valence-electron chi connectivity index (χ3n) is 2.97. The van der Waals surface area contributed by atoms with Crippen molar-refractivity contribution in [2.75, 3.05) is 6.54 Å². The summed E-state index contributed by atoms with van der Waals surface area (Å²) in [5.74, 6) is 0. The quantitative estimate of drug-likeness (QED) is 0.765. The second kappa shape index (κ2) is 5.30. The molecular formula is C11H25NO2S. The Kier molecular flexibility index (Phi) is 5.27. The first kappa shape index (κ1) is 14.9. The zero-order valence-corrected chi connectivity index (χ0v) is 11.6. The van der Waals surface area contributed by atoms with E-state index in [1.165, 1.54) is 0 Å². The molecule has 1 N–H and O–H groups in total. The van der Waals surface area contributed by atoms with E-state index in [9.17, 15) is 8.42 Å². The van der Waals surface area contributed by atoms with Crippen LogP contribution in [0.3, 0.4) is 0 Å². The fourth-order valence-corrected chi connectivity index (χ4v) is 2.37. The molecule has 0 aliphatic heterocycles. The highest BCUT2D eigenvalue weighted by atomic mass is 32.2. The van der Waals surface area contributed by atoms with E-state index in [1.807, 2.05) is 0 Å². The van der Waals surface area contributed by atoms with Crippen molar-refractivity contribution in [2.45, 2.75) is 64.0 Å². The van der Waals surface area contributed by atoms with Gasteiger partial charge in [0.25, 0.3) is 0 Å². The van der Waals surface area contributed by atoms with Gasteiger partial charge in [-0.1, -0.05) is 6.92 Å². The monoisotopic (exact) mass is 235 g/mol. The summed E-state index contributed by atoms with van der Waals surface area (Å²) < 4.78 is 23.6. The summed E-state index contributed by atoms with van der Waals surface area (Å²) in [4.78, 5) is 0. The van der Waals surface area contributed by atoms with Crippen molar-refractivity contribution >= 4 is 9.84 Å². The Balaban J connectivity index is 4.34. The van der Waals surface area contributed by atoms with Gasteiger partial charge in [0.1, 0.15) is 0 Å². The predicted molar refractivity (Wildman–Crippen MR) is 65.9 cm³/mol. The summed E-state index contributed by atoms with van der Waals surface area (Å²) in [5.41, 5.74) is 0.0146. The molecule has 92 valence electrons. The summed E-state index contributed by atoms with van der Waals surface area (Å²) in [6, 6.07) is 0. The zero-order valence-electron chi connectivity index (χ0n) is 10.8. The largest absolute Gasteiger partial charge is 0.311 e. The highest BCUT2D eigenvalue weighted by Gasteiger charge is 2.26. The van der Waals surface area contributed by atoms with Crippen LogP contribution in [0.25, 0.3) is 0 Å². The predicted octanol–water partition coefficient (Wildman–Crippen LogP) is 1.98. The van der Waals surface area contributed by atoms with Crippen LogP contribution in [0.2, 0.25) is 0 Å². The fourth-order valence-electron chi connectivity index (χ4n) is 1.13. The molecule has 0 aromatic rings. The lowest BCUT2D eigenvalue weighted by Crippen LogP contribution is -2.45. The Hall–Kier alpha value is -0.0900. The molecule has 0 bridgehead atoms. The van der Waals surface area contributed by atoms with Gasteiger partial charge in [0.2, 0.25) is 0 Å². The second-order valence-electron chi connectivity index (χ2n) is 5.07. The van der Waals surface area contributed by atoms with E-state index < -0.39 is 9.84 Å². The van der Waals surface area contributed by atoms with Gasteiger partial charge < -0.3 is 5.32 Å². The van der Waals surface area contributed by atoms with Crippen LogP contribution in [-0.4, -0.2) is 31.0 Å². The van der Waals surface area contributed by atoms with Crippen LogP contribution in [-0.2, 0) is 9.84 Å². The molecule has 0 aliphatic rings. The number of rotatable bonds is 6. The van der Waals surface area contributed by atoms with Crippen LogP contribution in [0.4, 0.5) is 0 Å². The van der Waals surface area contributed by atoms with E-state index in [-0.39, 0.29) is 16.0 Å². The normalized spacial score (nSPS) is 15.7. The average Bonchev–Trinajstić information content (AvgIpc) is 2.14. The van der Waals surface area contributed by atoms with Gasteiger partial charge in [-0.3, -0.25) is 0 Å². The van der Waals surface area contributed by atoms with Gasteiger partial charge in [0, 0.05) is 12.1 Å². The topological polar surface area (TPSA) is 46.2 Å². The molecule has 0 saturated heterocycles. The van der Waals surface area contributed by atoms with Crippen molar-refractivity contribution < 1.29 is 8.42 Å². The summed E-state index contributed by atoms with van der Waals surface area (Å²) in [5, 5.41) is 2.68. The third-order valence-corrected chi connectivity index (χ3v) is 5.57. The molecular weight excluding hydrogens is 210 g/mol. The van der Waals surface area contributed by atoms with Gasteiger partial charge in [-0.05, 0) is 41.0 Å². The molecule has 0 rings (SSSR count). The van der Waals surface area contributed by atoms with Gasteiger partial charge in [0.15, 0.2) is 9.84 Å². The standard InChI is InChI=1S/C11H25NO2S/c1-7-11(5,6)12-8-10(4)15(13,14)9(2)3/h9-10,12H,7-8H2,1-6H3. The first-order valence-electron chi connectivity index (χ1n) is 5.61. The molecule has 0 saturated carbocycles. The zero-order chi connectivity index (χ0) is 12.3. The smallest absolute Gasteiger partial charge is 0.156 e. The first-order chi connectivity index (χ1) is 6.63. The molecule has 15 heavy (non-hydrogen) atoms. The van der Waals surface area contributed by atoms with Gasteiger partial charge >= 0.3 is 0 Å². The van der Waals surface area contributed by atoms with Gasteiger partial charge in [-0.2, -0.15) is 0 Å². The SMILES string of the molecule is CCC(C)(C)NCC(C)S(=O)(=O)C(C)C. The second-order valence-corrected chi connectivity index (χ2v) is 7.99. The summed E-state index contributed by atoms with van der Waals surface area (Å²) in [6.45, 7) is 12.0. The summed E-state index contributed by atoms with van der Waals surface area (Å²) in [7, 11) is -2.97. The van der Waals surface area contributed by atoms with E-state index in [0.29, 0.717) is 6.54 Å². The van der Waals surface area contributed by atoms with Crippen LogP contribution in [0.5, 0.6) is 0 Å². The minimum absolute atomic E-state index is 0.0146. The van der Waals surface area contributed by atoms with Crippen molar-refractivity contribution in [2.24, 2.45) is 0 Å². The lowest BCUT2D eigenvalue weighted by molar-refractivity contribution is 0.377. The molecule has 3 nitrogen and oxygen atoms in total. The molecule has 0 aromatic heterocycles. The fraction of sp³-hybridized carbons (Fsp3) is 1.00. The molecule has 4 heteroatoms. The van der Waals surface area contributed by atoms with E-state index in [1.54, 1.807) is 20.8 Å². The van der Waals surface area contributed by atoms with Crippen molar-refractivity contribution in [3.63, 3.8) is 0 Å². The molecule has 0 radical (unpaired) electrons. The Labute approximate surface area is 94.6 Å². The van der Waals surface area contributed by atoms with Crippen molar-refractivity contribution in [1.29, 1.82) is 0 Å². The molecule has 0 amide bonds. The van der Waals surface area contributed by atoms with E-state index in [2.05, 4.69) is 26.1 Å². The molecule has 0 heterocycles. The highest BCUT2D eigenvalue weighted by Crippen LogP contribution is 2.11. The summed E-state index contributed by atoms with van der Waals surface area (Å²) in [6.07, 6.45) is 0.988. The molecule has 0 fully saturated rings.